The minimum atomic E-state index is 0.180. The molecule has 0 amide bonds. The Labute approximate surface area is 117 Å². The van der Waals surface area contributed by atoms with E-state index in [1.165, 1.54) is 32.2 Å². The zero-order chi connectivity index (χ0) is 13.1. The average Bonchev–Trinajstić information content (AvgIpc) is 2.39. The van der Waals surface area contributed by atoms with Crippen molar-refractivity contribution in [2.75, 3.05) is 32.9 Å². The number of rotatable bonds is 4. The summed E-state index contributed by atoms with van der Waals surface area (Å²) in [6.07, 6.45) is 7.71. The van der Waals surface area contributed by atoms with Crippen LogP contribution in [0.3, 0.4) is 0 Å². The lowest BCUT2D eigenvalue weighted by molar-refractivity contribution is -0.160. The van der Waals surface area contributed by atoms with Gasteiger partial charge in [-0.05, 0) is 69.4 Å². The predicted octanol–water partition coefficient (Wildman–Crippen LogP) is 2.60. The maximum Gasteiger partial charge on any atom is 0.0729 e. The van der Waals surface area contributed by atoms with Crippen LogP contribution in [0.5, 0.6) is 0 Å². The molecule has 3 nitrogen and oxygen atoms in total. The summed E-state index contributed by atoms with van der Waals surface area (Å²) in [5.41, 5.74) is 0.180. The summed E-state index contributed by atoms with van der Waals surface area (Å²) in [6.45, 7) is 7.33. The summed E-state index contributed by atoms with van der Waals surface area (Å²) in [6, 6.07) is 0. The molecule has 0 aromatic carbocycles. The molecular formula is C16H29NO2. The molecule has 3 rings (SSSR count). The molecule has 3 fully saturated rings. The highest BCUT2D eigenvalue weighted by molar-refractivity contribution is 4.95. The topological polar surface area (TPSA) is 30.5 Å². The molecule has 1 spiro atoms. The van der Waals surface area contributed by atoms with Gasteiger partial charge in [-0.25, -0.2) is 0 Å². The molecule has 3 heteroatoms. The summed E-state index contributed by atoms with van der Waals surface area (Å²) in [5.74, 6) is 2.80. The fourth-order valence-corrected chi connectivity index (χ4v) is 4.32. The number of ether oxygens (including phenoxy) is 2. The average molecular weight is 267 g/mol. The molecule has 0 radical (unpaired) electrons. The van der Waals surface area contributed by atoms with E-state index < -0.39 is 0 Å². The van der Waals surface area contributed by atoms with Gasteiger partial charge in [0.1, 0.15) is 0 Å². The van der Waals surface area contributed by atoms with E-state index in [1.807, 2.05) is 0 Å². The van der Waals surface area contributed by atoms with Crippen molar-refractivity contribution in [1.29, 1.82) is 0 Å². The van der Waals surface area contributed by atoms with E-state index in [2.05, 4.69) is 12.2 Å². The van der Waals surface area contributed by atoms with Crippen LogP contribution < -0.4 is 5.32 Å². The van der Waals surface area contributed by atoms with Gasteiger partial charge in [-0.3, -0.25) is 0 Å². The highest BCUT2D eigenvalue weighted by Crippen LogP contribution is 2.48. The molecule has 19 heavy (non-hydrogen) atoms. The van der Waals surface area contributed by atoms with Crippen LogP contribution in [0.25, 0.3) is 0 Å². The molecule has 2 saturated heterocycles. The fraction of sp³-hybridized carbons (Fsp3) is 1.00. The Bertz CT molecular complexity index is 283. The second-order valence-corrected chi connectivity index (χ2v) is 6.71. The summed E-state index contributed by atoms with van der Waals surface area (Å²) in [5, 5.41) is 3.54. The molecule has 0 aromatic heterocycles. The Morgan fingerprint density at radius 3 is 2.63 bits per heavy atom. The van der Waals surface area contributed by atoms with Gasteiger partial charge in [0.25, 0.3) is 0 Å². The van der Waals surface area contributed by atoms with E-state index in [1.54, 1.807) is 0 Å². The van der Waals surface area contributed by atoms with Crippen molar-refractivity contribution in [2.45, 2.75) is 51.0 Å². The van der Waals surface area contributed by atoms with E-state index in [-0.39, 0.29) is 5.60 Å². The molecule has 2 aliphatic heterocycles. The smallest absolute Gasteiger partial charge is 0.0729 e. The molecule has 0 aromatic rings. The summed E-state index contributed by atoms with van der Waals surface area (Å²) < 4.78 is 11.7. The van der Waals surface area contributed by atoms with E-state index in [0.717, 1.165) is 57.0 Å². The number of hydrogen-bond acceptors (Lipinski definition) is 3. The molecule has 1 saturated carbocycles. The molecule has 2 heterocycles. The maximum atomic E-state index is 6.18. The van der Waals surface area contributed by atoms with Crippen LogP contribution in [-0.4, -0.2) is 38.5 Å². The zero-order valence-electron chi connectivity index (χ0n) is 12.3. The van der Waals surface area contributed by atoms with Gasteiger partial charge < -0.3 is 14.8 Å². The minimum Gasteiger partial charge on any atom is -0.381 e. The van der Waals surface area contributed by atoms with Gasteiger partial charge >= 0.3 is 0 Å². The van der Waals surface area contributed by atoms with Crippen LogP contribution in [0.2, 0.25) is 0 Å². The summed E-state index contributed by atoms with van der Waals surface area (Å²) in [7, 11) is 0. The monoisotopic (exact) mass is 267 g/mol. The van der Waals surface area contributed by atoms with E-state index in [9.17, 15) is 0 Å². The van der Waals surface area contributed by atoms with Gasteiger partial charge in [-0.1, -0.05) is 6.92 Å². The van der Waals surface area contributed by atoms with Gasteiger partial charge in [0.15, 0.2) is 0 Å². The summed E-state index contributed by atoms with van der Waals surface area (Å²) >= 11 is 0. The Kier molecular flexibility index (Phi) is 4.45. The van der Waals surface area contributed by atoms with Gasteiger partial charge in [-0.2, -0.15) is 0 Å². The first-order chi connectivity index (χ1) is 9.33. The Balaban J connectivity index is 1.56. The van der Waals surface area contributed by atoms with Crippen LogP contribution in [0.1, 0.15) is 45.4 Å². The normalized spacial score (nSPS) is 38.1. The van der Waals surface area contributed by atoms with Gasteiger partial charge in [0.05, 0.1) is 5.60 Å². The van der Waals surface area contributed by atoms with Crippen LogP contribution >= 0.6 is 0 Å². The van der Waals surface area contributed by atoms with Crippen molar-refractivity contribution < 1.29 is 9.47 Å². The Hall–Kier alpha value is -0.120. The van der Waals surface area contributed by atoms with Crippen LogP contribution in [-0.2, 0) is 9.47 Å². The van der Waals surface area contributed by atoms with Gasteiger partial charge in [0.2, 0.25) is 0 Å². The van der Waals surface area contributed by atoms with Gasteiger partial charge in [-0.15, -0.1) is 0 Å². The summed E-state index contributed by atoms with van der Waals surface area (Å²) in [4.78, 5) is 0. The Morgan fingerprint density at radius 1 is 1.11 bits per heavy atom. The van der Waals surface area contributed by atoms with Crippen LogP contribution in [0.4, 0.5) is 0 Å². The minimum absolute atomic E-state index is 0.180. The quantitative estimate of drug-likeness (QED) is 0.849. The van der Waals surface area contributed by atoms with Crippen LogP contribution in [0, 0.1) is 17.8 Å². The van der Waals surface area contributed by atoms with E-state index in [0.29, 0.717) is 0 Å². The predicted molar refractivity (Wildman–Crippen MR) is 76.2 cm³/mol. The number of hydrogen-bond donors (Lipinski definition) is 1. The standard InChI is InChI=1S/C16H29NO2/c1-2-17-12-14-3-4-15(14)13-5-8-19-16(11-13)6-9-18-10-7-16/h13-15,17H,2-12H2,1H3. The fourth-order valence-electron chi connectivity index (χ4n) is 4.32. The highest BCUT2D eigenvalue weighted by Gasteiger charge is 2.45. The van der Waals surface area contributed by atoms with Crippen LogP contribution in [0.15, 0.2) is 0 Å². The first-order valence-corrected chi connectivity index (χ1v) is 8.25. The Morgan fingerprint density at radius 2 is 1.95 bits per heavy atom. The lowest BCUT2D eigenvalue weighted by Gasteiger charge is -2.50. The van der Waals surface area contributed by atoms with E-state index >= 15 is 0 Å². The van der Waals surface area contributed by atoms with Crippen molar-refractivity contribution in [2.24, 2.45) is 17.8 Å². The highest BCUT2D eigenvalue weighted by atomic mass is 16.5. The first kappa shape index (κ1) is 13.8. The number of nitrogens with one attached hydrogen (secondary N) is 1. The van der Waals surface area contributed by atoms with Crippen molar-refractivity contribution in [3.05, 3.63) is 0 Å². The lowest BCUT2D eigenvalue weighted by Crippen LogP contribution is -2.49. The molecular weight excluding hydrogens is 238 g/mol. The zero-order valence-corrected chi connectivity index (χ0v) is 12.3. The van der Waals surface area contributed by atoms with Crippen molar-refractivity contribution >= 4 is 0 Å². The molecule has 3 atom stereocenters. The molecule has 1 N–H and O–H groups in total. The van der Waals surface area contributed by atoms with Crippen molar-refractivity contribution in [3.63, 3.8) is 0 Å². The lowest BCUT2D eigenvalue weighted by atomic mass is 9.62. The largest absolute Gasteiger partial charge is 0.381 e. The van der Waals surface area contributed by atoms with E-state index in [4.69, 9.17) is 9.47 Å². The molecule has 1 aliphatic carbocycles. The van der Waals surface area contributed by atoms with Crippen molar-refractivity contribution in [1.82, 2.24) is 5.32 Å². The second kappa shape index (κ2) is 6.11. The molecule has 0 bridgehead atoms. The molecule has 3 unspecified atom stereocenters. The maximum absolute atomic E-state index is 6.18. The first-order valence-electron chi connectivity index (χ1n) is 8.25. The second-order valence-electron chi connectivity index (χ2n) is 6.71. The third-order valence-corrected chi connectivity index (χ3v) is 5.67. The molecule has 3 aliphatic rings. The third-order valence-electron chi connectivity index (χ3n) is 5.67. The third kappa shape index (κ3) is 2.98. The molecule has 110 valence electrons. The van der Waals surface area contributed by atoms with Gasteiger partial charge in [0, 0.05) is 19.8 Å². The SMILES string of the molecule is CCNCC1CCC1C1CCOC2(CCOCC2)C1. The van der Waals surface area contributed by atoms with Crippen molar-refractivity contribution in [3.8, 4) is 0 Å².